The molecule has 1 aliphatic heterocycles. The zero-order valence-electron chi connectivity index (χ0n) is 20.9. The minimum Gasteiger partial charge on any atom is -0.550 e. The number of aromatic nitrogens is 2. The first kappa shape index (κ1) is 43.5. The minimum atomic E-state index is -1.60. The normalized spacial score (nSPS) is 13.1. The van der Waals surface area contributed by atoms with E-state index in [1.807, 2.05) is 0 Å². The van der Waals surface area contributed by atoms with E-state index in [0.717, 1.165) is 0 Å². The summed E-state index contributed by atoms with van der Waals surface area (Å²) < 4.78 is 0. The molecule has 1 aromatic carbocycles. The van der Waals surface area contributed by atoms with Gasteiger partial charge in [0, 0.05) is 30.3 Å². The Balaban J connectivity index is -0.00000108. The van der Waals surface area contributed by atoms with Crippen LogP contribution in [0.5, 0.6) is 0 Å². The number of aliphatic carboxylic acids is 2. The third kappa shape index (κ3) is 10.9. The molecule has 19 nitrogen and oxygen atoms in total. The standard InChI is InChI=1S/C20H23N7O7.Ca.5H2O/c21-20-25-16-15(18(32)26-20)27(9-28)12(8-23-16)7-22-11-3-1-10(2-4-11)17(31)24-13(19(33)34)5-6-14(29)30;;;;;;/h1-4,9,12-13,22H,5-8H2,(H,24,31)(H,29,30)(H,33,34)(H4,21,23,25,26,32);;5*1H2/q;+2;;;;;/p-2/t12-,13-;;;;;;/m0....../s1. The maximum absolute atomic E-state index is 12.3. The smallest absolute Gasteiger partial charge is 0.550 e. The van der Waals surface area contributed by atoms with E-state index in [2.05, 4.69) is 25.9 Å². The van der Waals surface area contributed by atoms with Gasteiger partial charge in [-0.2, -0.15) is 4.98 Å². The summed E-state index contributed by atoms with van der Waals surface area (Å²) in [6.07, 6.45) is -0.386. The maximum atomic E-state index is 12.3. The number of nitrogens with two attached hydrogens (primary N) is 1. The summed E-state index contributed by atoms with van der Waals surface area (Å²) in [7, 11) is 0. The van der Waals surface area contributed by atoms with E-state index >= 15 is 0 Å². The molecule has 0 saturated heterocycles. The Morgan fingerprint density at radius 1 is 1.12 bits per heavy atom. The average molecular weight is 602 g/mol. The van der Waals surface area contributed by atoms with Crippen molar-refractivity contribution in [1.82, 2.24) is 15.3 Å². The number of nitrogens with zero attached hydrogens (tertiary/aromatic N) is 2. The van der Waals surface area contributed by atoms with Crippen LogP contribution in [0, 0.1) is 0 Å². The molecule has 40 heavy (non-hydrogen) atoms. The summed E-state index contributed by atoms with van der Waals surface area (Å²) in [5.74, 6) is -3.63. The second kappa shape index (κ2) is 19.5. The fourth-order valence-electron chi connectivity index (χ4n) is 3.38. The Hall–Kier alpha value is -3.56. The topological polar surface area (TPSA) is 383 Å². The Bertz CT molecular complexity index is 1170. The van der Waals surface area contributed by atoms with E-state index in [0.29, 0.717) is 18.6 Å². The molecule has 16 N–H and O–H groups in total. The second-order valence-corrected chi connectivity index (χ2v) is 7.41. The predicted molar refractivity (Wildman–Crippen MR) is 139 cm³/mol. The third-order valence-corrected chi connectivity index (χ3v) is 5.10. The van der Waals surface area contributed by atoms with Gasteiger partial charge in [-0.05, 0) is 37.1 Å². The zero-order valence-corrected chi connectivity index (χ0v) is 23.1. The summed E-state index contributed by atoms with van der Waals surface area (Å²) in [4.78, 5) is 65.4. The number of carboxylic acids is 2. The van der Waals surface area contributed by atoms with E-state index in [9.17, 15) is 34.2 Å². The van der Waals surface area contributed by atoms with Gasteiger partial charge >= 0.3 is 37.7 Å². The third-order valence-electron chi connectivity index (χ3n) is 5.10. The molecule has 2 amide bonds. The fraction of sp³-hybridized carbons (Fsp3) is 0.300. The van der Waals surface area contributed by atoms with Gasteiger partial charge in [0.05, 0.1) is 18.1 Å². The number of hydrogen-bond donors (Lipinski definition) is 5. The summed E-state index contributed by atoms with van der Waals surface area (Å²) in [5, 5.41) is 29.9. The van der Waals surface area contributed by atoms with Crippen LogP contribution < -0.4 is 42.4 Å². The van der Waals surface area contributed by atoms with E-state index in [1.165, 1.54) is 17.0 Å². The number of amides is 2. The molecule has 0 aliphatic carbocycles. The summed E-state index contributed by atoms with van der Waals surface area (Å²) in [6, 6.07) is 4.08. The quantitative estimate of drug-likeness (QED) is 0.126. The van der Waals surface area contributed by atoms with Gasteiger partial charge in [0.25, 0.3) is 11.5 Å². The molecule has 0 fully saturated rings. The molecule has 0 bridgehead atoms. The van der Waals surface area contributed by atoms with Crippen molar-refractivity contribution >= 4 is 85.1 Å². The van der Waals surface area contributed by atoms with Crippen molar-refractivity contribution < 1.29 is 56.8 Å². The zero-order chi connectivity index (χ0) is 24.8. The van der Waals surface area contributed by atoms with Crippen LogP contribution in [-0.2, 0) is 14.4 Å². The fourth-order valence-corrected chi connectivity index (χ4v) is 3.38. The van der Waals surface area contributed by atoms with Crippen molar-refractivity contribution in [3.63, 3.8) is 0 Å². The van der Waals surface area contributed by atoms with Crippen LogP contribution in [0.4, 0.5) is 23.1 Å². The number of H-pyrrole nitrogens is 1. The molecule has 2 heterocycles. The first-order valence-electron chi connectivity index (χ1n) is 10.1. The number of carboxylic acid groups (broad SMARTS) is 2. The second-order valence-electron chi connectivity index (χ2n) is 7.41. The Kier molecular flexibility index (Phi) is 21.2. The number of rotatable bonds is 10. The number of nitrogens with one attached hydrogen (secondary N) is 4. The van der Waals surface area contributed by atoms with Gasteiger partial charge < -0.3 is 73.8 Å². The molecular formula is C20H31CaN7O12. The average Bonchev–Trinajstić information content (AvgIpc) is 2.79. The molecule has 220 valence electrons. The Morgan fingerprint density at radius 3 is 2.25 bits per heavy atom. The van der Waals surface area contributed by atoms with Crippen LogP contribution in [-0.4, -0.2) is 125 Å². The van der Waals surface area contributed by atoms with Crippen molar-refractivity contribution in [3.05, 3.63) is 40.2 Å². The molecule has 3 rings (SSSR count). The monoisotopic (exact) mass is 601 g/mol. The summed E-state index contributed by atoms with van der Waals surface area (Å²) >= 11 is 0. The van der Waals surface area contributed by atoms with Crippen LogP contribution in [0.1, 0.15) is 23.2 Å². The molecule has 1 aromatic heterocycles. The number of fused-ring (bicyclic) bond motifs is 1. The van der Waals surface area contributed by atoms with Gasteiger partial charge in [0.1, 0.15) is 0 Å². The van der Waals surface area contributed by atoms with Crippen molar-refractivity contribution in [2.75, 3.05) is 34.4 Å². The minimum absolute atomic E-state index is 0. The van der Waals surface area contributed by atoms with Crippen molar-refractivity contribution in [2.24, 2.45) is 0 Å². The van der Waals surface area contributed by atoms with Crippen molar-refractivity contribution in [1.29, 1.82) is 0 Å². The van der Waals surface area contributed by atoms with Gasteiger partial charge in [-0.25, -0.2) is 0 Å². The SMILES string of the molecule is Nc1nc2c(c(=O)[nH]1)N(C=O)[C@@H](CNc1ccc(C(=O)N[C@@H](CCC(=O)[O-])C(=O)[O-])cc1)CN2.O.O.O.O.O.[Ca+2]. The number of carbonyl (C=O) groups excluding carboxylic acids is 4. The van der Waals surface area contributed by atoms with Crippen LogP contribution >= 0.6 is 0 Å². The molecule has 1 aliphatic rings. The van der Waals surface area contributed by atoms with Gasteiger partial charge in [0.15, 0.2) is 11.5 Å². The number of hydrogen-bond acceptors (Lipinski definition) is 11. The van der Waals surface area contributed by atoms with Crippen LogP contribution in [0.2, 0.25) is 0 Å². The van der Waals surface area contributed by atoms with E-state index < -0.39 is 41.9 Å². The first-order valence-corrected chi connectivity index (χ1v) is 10.1. The molecule has 0 spiro atoms. The molecule has 20 heteroatoms. The van der Waals surface area contributed by atoms with Gasteiger partial charge in [-0.1, -0.05) is 0 Å². The number of anilines is 4. The van der Waals surface area contributed by atoms with Gasteiger partial charge in [-0.15, -0.1) is 0 Å². The van der Waals surface area contributed by atoms with E-state index in [4.69, 9.17) is 5.73 Å². The number of benzene rings is 1. The molecule has 2 aromatic rings. The molecule has 0 unspecified atom stereocenters. The van der Waals surface area contributed by atoms with E-state index in [1.54, 1.807) is 12.1 Å². The van der Waals surface area contributed by atoms with Crippen LogP contribution in [0.25, 0.3) is 0 Å². The van der Waals surface area contributed by atoms with Crippen LogP contribution in [0.15, 0.2) is 29.1 Å². The van der Waals surface area contributed by atoms with Crippen molar-refractivity contribution in [3.8, 4) is 0 Å². The Labute approximate surface area is 255 Å². The summed E-state index contributed by atoms with van der Waals surface area (Å²) in [5.41, 5.74) is 5.75. The number of nitrogen functional groups attached to an aromatic ring is 1. The van der Waals surface area contributed by atoms with Gasteiger partial charge in [0.2, 0.25) is 12.4 Å². The first-order chi connectivity index (χ1) is 16.2. The van der Waals surface area contributed by atoms with E-state index in [-0.39, 0.29) is 101 Å². The van der Waals surface area contributed by atoms with Gasteiger partial charge in [-0.3, -0.25) is 19.4 Å². The molecule has 0 saturated carbocycles. The maximum Gasteiger partial charge on any atom is 2.00 e. The summed E-state index contributed by atoms with van der Waals surface area (Å²) in [6.45, 7) is 0.544. The largest absolute Gasteiger partial charge is 2.00 e. The Morgan fingerprint density at radius 2 is 1.73 bits per heavy atom. The number of carbonyl (C=O) groups is 4. The molecule has 2 atom stereocenters. The van der Waals surface area contributed by atoms with Crippen LogP contribution in [0.3, 0.4) is 0 Å². The predicted octanol–water partition coefficient (Wildman–Crippen LogP) is -7.90. The van der Waals surface area contributed by atoms with Crippen molar-refractivity contribution in [2.45, 2.75) is 24.9 Å². The molecular weight excluding hydrogens is 570 g/mol. The molecule has 0 radical (unpaired) electrons. The number of aromatic amines is 1.